The first-order valence-corrected chi connectivity index (χ1v) is 9.27. The summed E-state index contributed by atoms with van der Waals surface area (Å²) in [7, 11) is 0. The number of amides is 1. The van der Waals surface area contributed by atoms with Crippen molar-refractivity contribution in [2.45, 2.75) is 39.3 Å². The molecule has 3 N–H and O–H groups in total. The number of thiazole rings is 1. The van der Waals surface area contributed by atoms with Crippen LogP contribution in [0.1, 0.15) is 42.2 Å². The lowest BCUT2D eigenvalue weighted by molar-refractivity contribution is 0.0839. The van der Waals surface area contributed by atoms with Crippen molar-refractivity contribution in [3.05, 3.63) is 16.1 Å². The Balaban J connectivity index is 0.00000288. The van der Waals surface area contributed by atoms with Gasteiger partial charge in [-0.2, -0.15) is 0 Å². The summed E-state index contributed by atoms with van der Waals surface area (Å²) in [5.74, 6) is 0.356. The molecule has 0 radical (unpaired) electrons. The monoisotopic (exact) mass is 412 g/mol. The first kappa shape index (κ1) is 24.6. The van der Waals surface area contributed by atoms with Crippen molar-refractivity contribution in [2.75, 3.05) is 32.8 Å². The molecule has 2 atom stereocenters. The number of nitrogens with zero attached hydrogens (tertiary/aromatic N) is 2. The molecular weight excluding hydrogens is 383 g/mol. The first-order valence-electron chi connectivity index (χ1n) is 8.39. The third kappa shape index (κ3) is 7.76. The summed E-state index contributed by atoms with van der Waals surface area (Å²) in [5.41, 5.74) is 6.03. The highest BCUT2D eigenvalue weighted by molar-refractivity contribution is 7.09. The Morgan fingerprint density at radius 3 is 2.88 bits per heavy atom. The summed E-state index contributed by atoms with van der Waals surface area (Å²) < 4.78 is 5.39. The molecule has 6 nitrogen and oxygen atoms in total. The molecule has 0 bridgehead atoms. The van der Waals surface area contributed by atoms with Gasteiger partial charge in [-0.15, -0.1) is 36.2 Å². The molecule has 0 aliphatic carbocycles. The predicted octanol–water partition coefficient (Wildman–Crippen LogP) is 2.31. The minimum absolute atomic E-state index is 0. The molecule has 1 amide bonds. The zero-order chi connectivity index (χ0) is 16.7. The van der Waals surface area contributed by atoms with E-state index in [4.69, 9.17) is 10.5 Å². The van der Waals surface area contributed by atoms with Crippen LogP contribution in [0, 0.1) is 5.92 Å². The third-order valence-electron chi connectivity index (χ3n) is 4.23. The second-order valence-electron chi connectivity index (χ2n) is 6.03. The Hall–Kier alpha value is -0.440. The normalized spacial score (nSPS) is 20.4. The van der Waals surface area contributed by atoms with Gasteiger partial charge in [0.15, 0.2) is 0 Å². The number of halogens is 2. The van der Waals surface area contributed by atoms with Gasteiger partial charge in [-0.05, 0) is 25.7 Å². The van der Waals surface area contributed by atoms with E-state index in [1.165, 1.54) is 11.3 Å². The van der Waals surface area contributed by atoms with Crippen molar-refractivity contribution < 1.29 is 9.53 Å². The average Bonchev–Trinajstić information content (AvgIpc) is 3.03. The maximum absolute atomic E-state index is 12.3. The molecule has 2 heterocycles. The zero-order valence-electron chi connectivity index (χ0n) is 14.9. The Morgan fingerprint density at radius 1 is 1.52 bits per heavy atom. The van der Waals surface area contributed by atoms with E-state index in [1.54, 1.807) is 5.38 Å². The summed E-state index contributed by atoms with van der Waals surface area (Å²) in [4.78, 5) is 19.0. The molecule has 1 aliphatic rings. The molecule has 0 spiro atoms. The maximum Gasteiger partial charge on any atom is 0.270 e. The zero-order valence-corrected chi connectivity index (χ0v) is 17.4. The number of carbonyl (C=O) groups excluding carboxylic acids is 1. The molecule has 1 saturated heterocycles. The van der Waals surface area contributed by atoms with E-state index in [0.717, 1.165) is 50.7 Å². The molecule has 25 heavy (non-hydrogen) atoms. The highest BCUT2D eigenvalue weighted by Crippen LogP contribution is 2.18. The smallest absolute Gasteiger partial charge is 0.270 e. The highest BCUT2D eigenvalue weighted by atomic mass is 35.5. The van der Waals surface area contributed by atoms with Crippen molar-refractivity contribution in [2.24, 2.45) is 11.7 Å². The minimum atomic E-state index is -0.0809. The quantitative estimate of drug-likeness (QED) is 0.640. The fourth-order valence-corrected chi connectivity index (χ4v) is 3.59. The number of hydrogen-bond acceptors (Lipinski definition) is 6. The lowest BCUT2D eigenvalue weighted by atomic mass is 9.93. The van der Waals surface area contributed by atoms with Gasteiger partial charge in [0.05, 0.1) is 0 Å². The van der Waals surface area contributed by atoms with Gasteiger partial charge in [-0.25, -0.2) is 4.98 Å². The second-order valence-corrected chi connectivity index (χ2v) is 6.97. The van der Waals surface area contributed by atoms with Crippen LogP contribution in [-0.2, 0) is 11.3 Å². The summed E-state index contributed by atoms with van der Waals surface area (Å²) in [6.45, 7) is 9.32. The van der Waals surface area contributed by atoms with Gasteiger partial charge < -0.3 is 20.7 Å². The molecular formula is C16H30Cl2N4O2S. The average molecular weight is 413 g/mol. The van der Waals surface area contributed by atoms with Crippen LogP contribution in [0.15, 0.2) is 5.38 Å². The van der Waals surface area contributed by atoms with E-state index in [2.05, 4.69) is 22.1 Å². The highest BCUT2D eigenvalue weighted by Gasteiger charge is 2.27. The van der Waals surface area contributed by atoms with E-state index in [0.29, 0.717) is 18.2 Å². The van der Waals surface area contributed by atoms with E-state index in [9.17, 15) is 4.79 Å². The van der Waals surface area contributed by atoms with Crippen molar-refractivity contribution >= 4 is 42.1 Å². The van der Waals surface area contributed by atoms with Gasteiger partial charge in [0.2, 0.25) is 0 Å². The fourth-order valence-electron chi connectivity index (χ4n) is 2.94. The fraction of sp³-hybridized carbons (Fsp3) is 0.750. The Morgan fingerprint density at radius 2 is 2.28 bits per heavy atom. The van der Waals surface area contributed by atoms with Gasteiger partial charge in [0.1, 0.15) is 10.7 Å². The van der Waals surface area contributed by atoms with Gasteiger partial charge in [-0.1, -0.05) is 6.92 Å². The van der Waals surface area contributed by atoms with Gasteiger partial charge in [0.25, 0.3) is 5.91 Å². The number of hydrogen-bond donors (Lipinski definition) is 2. The number of ether oxygens (including phenoxy) is 1. The molecule has 1 aliphatic heterocycles. The standard InChI is InChI=1S/C16H28N4O2S.2ClH/c1-3-22-8-4-6-20-7-5-13(12(2)10-20)19-16(21)14-11-23-15(9-17)18-14;;/h11-13H,3-10,17H2,1-2H3,(H,19,21);2*1H. The number of nitrogens with one attached hydrogen (secondary N) is 1. The minimum Gasteiger partial charge on any atom is -0.382 e. The molecule has 2 rings (SSSR count). The largest absolute Gasteiger partial charge is 0.382 e. The van der Waals surface area contributed by atoms with Crippen LogP contribution >= 0.6 is 36.2 Å². The van der Waals surface area contributed by atoms with Crippen LogP contribution in [0.25, 0.3) is 0 Å². The number of likely N-dealkylation sites (tertiary alicyclic amines) is 1. The van der Waals surface area contributed by atoms with Crippen molar-refractivity contribution in [1.29, 1.82) is 0 Å². The lowest BCUT2D eigenvalue weighted by Gasteiger charge is -2.37. The summed E-state index contributed by atoms with van der Waals surface area (Å²) in [6, 6.07) is 0.216. The molecule has 0 aromatic carbocycles. The summed E-state index contributed by atoms with van der Waals surface area (Å²) >= 11 is 1.44. The SMILES string of the molecule is CCOCCCN1CCC(NC(=O)c2csc(CN)n2)C(C)C1.Cl.Cl. The topological polar surface area (TPSA) is 80.5 Å². The Bertz CT molecular complexity index is 504. The van der Waals surface area contributed by atoms with Crippen LogP contribution in [0.5, 0.6) is 0 Å². The van der Waals surface area contributed by atoms with E-state index >= 15 is 0 Å². The Labute approximate surface area is 166 Å². The van der Waals surface area contributed by atoms with Gasteiger partial charge in [-0.3, -0.25) is 4.79 Å². The molecule has 1 aromatic rings. The predicted molar refractivity (Wildman–Crippen MR) is 107 cm³/mol. The first-order chi connectivity index (χ1) is 11.1. The van der Waals surface area contributed by atoms with Crippen LogP contribution < -0.4 is 11.1 Å². The van der Waals surface area contributed by atoms with E-state index < -0.39 is 0 Å². The molecule has 1 fully saturated rings. The van der Waals surface area contributed by atoms with Crippen molar-refractivity contribution in [1.82, 2.24) is 15.2 Å². The molecule has 146 valence electrons. The third-order valence-corrected chi connectivity index (χ3v) is 5.10. The van der Waals surface area contributed by atoms with Gasteiger partial charge >= 0.3 is 0 Å². The van der Waals surface area contributed by atoms with E-state index in [1.807, 2.05) is 6.92 Å². The van der Waals surface area contributed by atoms with Crippen molar-refractivity contribution in [3.8, 4) is 0 Å². The number of carbonyl (C=O) groups is 1. The van der Waals surface area contributed by atoms with Gasteiger partial charge in [0, 0.05) is 50.8 Å². The van der Waals surface area contributed by atoms with Crippen LogP contribution in [0.2, 0.25) is 0 Å². The molecule has 2 unspecified atom stereocenters. The Kier molecular flexibility index (Phi) is 12.6. The lowest BCUT2D eigenvalue weighted by Crippen LogP contribution is -2.50. The maximum atomic E-state index is 12.3. The van der Waals surface area contributed by atoms with Crippen LogP contribution in [0.4, 0.5) is 0 Å². The number of rotatable bonds is 8. The van der Waals surface area contributed by atoms with Crippen LogP contribution in [0.3, 0.4) is 0 Å². The van der Waals surface area contributed by atoms with Crippen molar-refractivity contribution in [3.63, 3.8) is 0 Å². The van der Waals surface area contributed by atoms with E-state index in [-0.39, 0.29) is 36.8 Å². The number of piperidine rings is 1. The second kappa shape index (κ2) is 12.8. The molecule has 0 saturated carbocycles. The summed E-state index contributed by atoms with van der Waals surface area (Å²) in [6.07, 6.45) is 2.05. The summed E-state index contributed by atoms with van der Waals surface area (Å²) in [5, 5.41) is 5.71. The molecule has 1 aromatic heterocycles. The van der Waals surface area contributed by atoms with Crippen LogP contribution in [-0.4, -0.2) is 54.7 Å². The number of nitrogens with two attached hydrogens (primary N) is 1. The molecule has 9 heteroatoms. The number of aromatic nitrogens is 1.